The first-order valence-electron chi connectivity index (χ1n) is 3.37. The van der Waals surface area contributed by atoms with Crippen molar-refractivity contribution in [2.45, 2.75) is 6.92 Å². The van der Waals surface area contributed by atoms with Crippen LogP contribution in [0.5, 0.6) is 0 Å². The lowest BCUT2D eigenvalue weighted by atomic mass is 10.2. The van der Waals surface area contributed by atoms with Crippen molar-refractivity contribution < 1.29 is 0 Å². The van der Waals surface area contributed by atoms with Crippen molar-refractivity contribution in [3.63, 3.8) is 0 Å². The van der Waals surface area contributed by atoms with Crippen molar-refractivity contribution in [2.75, 3.05) is 5.73 Å². The monoisotopic (exact) mass is 164 g/mol. The summed E-state index contributed by atoms with van der Waals surface area (Å²) in [6.07, 6.45) is 0. The smallest absolute Gasteiger partial charge is 0.0832 e. The van der Waals surface area contributed by atoms with E-state index in [4.69, 9.17) is 5.73 Å². The molecule has 0 bridgehead atoms. The van der Waals surface area contributed by atoms with Gasteiger partial charge in [-0.25, -0.2) is 4.98 Å². The fraction of sp³-hybridized carbons (Fsp3) is 0.125. The minimum absolute atomic E-state index is 0.823. The van der Waals surface area contributed by atoms with E-state index < -0.39 is 0 Å². The molecule has 0 fully saturated rings. The molecule has 2 rings (SSSR count). The summed E-state index contributed by atoms with van der Waals surface area (Å²) in [4.78, 5) is 4.16. The van der Waals surface area contributed by atoms with E-state index >= 15 is 0 Å². The fourth-order valence-electron chi connectivity index (χ4n) is 1.02. The van der Waals surface area contributed by atoms with Crippen LogP contribution in [0.25, 0.3) is 10.2 Å². The number of nitrogens with zero attached hydrogens (tertiary/aromatic N) is 1. The van der Waals surface area contributed by atoms with E-state index in [2.05, 4.69) is 11.1 Å². The molecule has 2 aromatic rings. The molecular formula is C8H8N2S. The number of hydrogen-bond acceptors (Lipinski definition) is 3. The largest absolute Gasteiger partial charge is 0.398 e. The van der Waals surface area contributed by atoms with Gasteiger partial charge in [0.2, 0.25) is 0 Å². The Kier molecular flexibility index (Phi) is 1.32. The summed E-state index contributed by atoms with van der Waals surface area (Å²) in [6, 6.07) is 3.99. The molecule has 0 radical (unpaired) electrons. The minimum atomic E-state index is 0.823. The zero-order chi connectivity index (χ0) is 7.84. The van der Waals surface area contributed by atoms with Crippen LogP contribution in [0.1, 0.15) is 5.56 Å². The van der Waals surface area contributed by atoms with E-state index in [9.17, 15) is 0 Å². The Bertz CT molecular complexity index is 356. The molecule has 0 saturated heterocycles. The Hall–Kier alpha value is -1.09. The molecule has 2 N–H and O–H groups in total. The molecule has 0 aliphatic carbocycles. The lowest BCUT2D eigenvalue weighted by Crippen LogP contribution is -1.87. The highest BCUT2D eigenvalue weighted by Crippen LogP contribution is 2.23. The first-order chi connectivity index (χ1) is 5.27. The Morgan fingerprint density at radius 1 is 1.45 bits per heavy atom. The van der Waals surface area contributed by atoms with Gasteiger partial charge in [-0.1, -0.05) is 0 Å². The number of aryl methyl sites for hydroxylation is 1. The van der Waals surface area contributed by atoms with Gasteiger partial charge in [-0.3, -0.25) is 0 Å². The number of hydrogen-bond donors (Lipinski definition) is 1. The highest BCUT2D eigenvalue weighted by atomic mass is 32.1. The van der Waals surface area contributed by atoms with Crippen molar-refractivity contribution in [3.05, 3.63) is 23.2 Å². The first kappa shape index (κ1) is 6.61. The fourth-order valence-corrected chi connectivity index (χ4v) is 1.78. The number of nitrogens with two attached hydrogens (primary N) is 1. The van der Waals surface area contributed by atoms with Crippen LogP contribution in [0.3, 0.4) is 0 Å². The van der Waals surface area contributed by atoms with E-state index in [0.29, 0.717) is 0 Å². The molecule has 11 heavy (non-hydrogen) atoms. The number of thiazole rings is 1. The Labute approximate surface area is 68.7 Å². The lowest BCUT2D eigenvalue weighted by Gasteiger charge is -1.97. The van der Waals surface area contributed by atoms with E-state index in [1.807, 2.05) is 18.5 Å². The van der Waals surface area contributed by atoms with E-state index in [1.54, 1.807) is 11.3 Å². The van der Waals surface area contributed by atoms with Crippen molar-refractivity contribution in [1.82, 2.24) is 4.98 Å². The van der Waals surface area contributed by atoms with Gasteiger partial charge in [-0.15, -0.1) is 11.3 Å². The van der Waals surface area contributed by atoms with Crippen molar-refractivity contribution in [3.8, 4) is 0 Å². The highest BCUT2D eigenvalue weighted by Gasteiger charge is 1.99. The van der Waals surface area contributed by atoms with Crippen LogP contribution in [0.15, 0.2) is 17.6 Å². The van der Waals surface area contributed by atoms with Gasteiger partial charge in [0, 0.05) is 5.69 Å². The van der Waals surface area contributed by atoms with Crippen LogP contribution in [0, 0.1) is 6.92 Å². The predicted octanol–water partition coefficient (Wildman–Crippen LogP) is 2.19. The second kappa shape index (κ2) is 2.20. The number of fused-ring (bicyclic) bond motifs is 1. The second-order valence-corrected chi connectivity index (χ2v) is 3.42. The Balaban J connectivity index is 2.86. The van der Waals surface area contributed by atoms with Gasteiger partial charge >= 0.3 is 0 Å². The van der Waals surface area contributed by atoms with Crippen LogP contribution < -0.4 is 5.73 Å². The number of aromatic nitrogens is 1. The van der Waals surface area contributed by atoms with E-state index in [-0.39, 0.29) is 0 Å². The van der Waals surface area contributed by atoms with Gasteiger partial charge in [0.1, 0.15) is 0 Å². The molecule has 3 heteroatoms. The third kappa shape index (κ3) is 0.973. The number of rotatable bonds is 0. The maximum Gasteiger partial charge on any atom is 0.0832 e. The molecule has 1 aromatic heterocycles. The highest BCUT2D eigenvalue weighted by molar-refractivity contribution is 7.16. The van der Waals surface area contributed by atoms with Crippen molar-refractivity contribution in [2.24, 2.45) is 0 Å². The van der Waals surface area contributed by atoms with Gasteiger partial charge < -0.3 is 5.73 Å². The van der Waals surface area contributed by atoms with Crippen LogP contribution in [-0.2, 0) is 0 Å². The standard InChI is InChI=1S/C8H8N2S/c1-5-2-8-7(3-6(5)9)10-4-11-8/h2-4H,9H2,1H3. The van der Waals surface area contributed by atoms with E-state index in [0.717, 1.165) is 16.8 Å². The molecule has 0 spiro atoms. The van der Waals surface area contributed by atoms with Crippen LogP contribution >= 0.6 is 11.3 Å². The Morgan fingerprint density at radius 3 is 3.09 bits per heavy atom. The molecule has 1 aromatic carbocycles. The second-order valence-electron chi connectivity index (χ2n) is 2.53. The SMILES string of the molecule is Cc1cc2scnc2cc1N. The van der Waals surface area contributed by atoms with Gasteiger partial charge in [0.25, 0.3) is 0 Å². The van der Waals surface area contributed by atoms with Gasteiger partial charge in [0.05, 0.1) is 15.7 Å². The predicted molar refractivity (Wildman–Crippen MR) is 48.8 cm³/mol. The summed E-state index contributed by atoms with van der Waals surface area (Å²) in [7, 11) is 0. The summed E-state index contributed by atoms with van der Waals surface area (Å²) in [6.45, 7) is 2.01. The molecule has 0 amide bonds. The van der Waals surface area contributed by atoms with Gasteiger partial charge in [0.15, 0.2) is 0 Å². The zero-order valence-electron chi connectivity index (χ0n) is 6.16. The summed E-state index contributed by atoms with van der Waals surface area (Å²) < 4.78 is 1.21. The topological polar surface area (TPSA) is 38.9 Å². The maximum absolute atomic E-state index is 5.71. The summed E-state index contributed by atoms with van der Waals surface area (Å²) in [5.41, 5.74) is 10.5. The maximum atomic E-state index is 5.71. The number of anilines is 1. The van der Waals surface area contributed by atoms with Crippen LogP contribution in [0.4, 0.5) is 5.69 Å². The van der Waals surface area contributed by atoms with Crippen molar-refractivity contribution >= 4 is 27.2 Å². The van der Waals surface area contributed by atoms with E-state index in [1.165, 1.54) is 4.70 Å². The molecule has 0 saturated carbocycles. The molecular weight excluding hydrogens is 156 g/mol. The molecule has 56 valence electrons. The lowest BCUT2D eigenvalue weighted by molar-refractivity contribution is 1.46. The minimum Gasteiger partial charge on any atom is -0.398 e. The molecule has 0 unspecified atom stereocenters. The van der Waals surface area contributed by atoms with Gasteiger partial charge in [-0.2, -0.15) is 0 Å². The summed E-state index contributed by atoms with van der Waals surface area (Å²) >= 11 is 1.64. The molecule has 1 heterocycles. The molecule has 0 aliphatic rings. The summed E-state index contributed by atoms with van der Waals surface area (Å²) in [5, 5.41) is 0. The van der Waals surface area contributed by atoms with Crippen LogP contribution in [0.2, 0.25) is 0 Å². The average Bonchev–Trinajstić information content (AvgIpc) is 2.36. The third-order valence-corrected chi connectivity index (χ3v) is 2.51. The first-order valence-corrected chi connectivity index (χ1v) is 4.24. The van der Waals surface area contributed by atoms with Crippen LogP contribution in [-0.4, -0.2) is 4.98 Å². The average molecular weight is 164 g/mol. The summed E-state index contributed by atoms with van der Waals surface area (Å²) in [5.74, 6) is 0. The quantitative estimate of drug-likeness (QED) is 0.606. The third-order valence-electron chi connectivity index (χ3n) is 1.72. The zero-order valence-corrected chi connectivity index (χ0v) is 6.98. The van der Waals surface area contributed by atoms with Crippen molar-refractivity contribution in [1.29, 1.82) is 0 Å². The van der Waals surface area contributed by atoms with Gasteiger partial charge in [-0.05, 0) is 24.6 Å². The number of benzene rings is 1. The molecule has 0 aliphatic heterocycles. The molecule has 0 atom stereocenters. The number of nitrogen functional groups attached to an aromatic ring is 1. The molecule has 2 nitrogen and oxygen atoms in total. The normalized spacial score (nSPS) is 10.6. The Morgan fingerprint density at radius 2 is 2.27 bits per heavy atom.